The lowest BCUT2D eigenvalue weighted by Gasteiger charge is -2.02. The molecule has 0 fully saturated rings. The second-order valence-electron chi connectivity index (χ2n) is 2.86. The lowest BCUT2D eigenvalue weighted by Crippen LogP contribution is -2.09. The fourth-order valence-electron chi connectivity index (χ4n) is 1.000. The van der Waals surface area contributed by atoms with Crippen LogP contribution in [0.1, 0.15) is 5.56 Å². The quantitative estimate of drug-likeness (QED) is 0.601. The Balaban J connectivity index is 2.71. The molecule has 0 aromatic heterocycles. The Morgan fingerprint density at radius 2 is 2.31 bits per heavy atom. The molecule has 0 unspecified atom stereocenters. The van der Waals surface area contributed by atoms with Crippen LogP contribution in [-0.2, 0) is 4.79 Å². The van der Waals surface area contributed by atoms with Gasteiger partial charge in [0.2, 0.25) is 6.20 Å². The Labute approximate surface area is 90.9 Å². The Morgan fingerprint density at radius 3 is 2.94 bits per heavy atom. The van der Waals surface area contributed by atoms with Crippen molar-refractivity contribution >= 4 is 12.0 Å². The molecule has 84 valence electrons. The lowest BCUT2D eigenvalue weighted by molar-refractivity contribution is -0.400. The van der Waals surface area contributed by atoms with Crippen LogP contribution < -0.4 is 4.74 Å². The zero-order valence-corrected chi connectivity index (χ0v) is 8.20. The molecule has 0 bridgehead atoms. The maximum atomic E-state index is 10.2. The maximum Gasteiger partial charge on any atom is 0.341 e. The Hall–Kier alpha value is -2.37. The van der Waals surface area contributed by atoms with Crippen molar-refractivity contribution in [3.63, 3.8) is 0 Å². The Bertz CT molecular complexity index is 427. The van der Waals surface area contributed by atoms with E-state index in [0.29, 0.717) is 11.3 Å². The number of hydrogen-bond acceptors (Lipinski definition) is 4. The fraction of sp³-hybridized carbons (Fsp3) is 0.100. The summed E-state index contributed by atoms with van der Waals surface area (Å²) in [5, 5.41) is 18.5. The van der Waals surface area contributed by atoms with E-state index in [0.717, 1.165) is 6.20 Å². The van der Waals surface area contributed by atoms with Crippen molar-refractivity contribution in [3.8, 4) is 5.75 Å². The molecule has 1 aromatic carbocycles. The van der Waals surface area contributed by atoms with Crippen LogP contribution in [0, 0.1) is 10.1 Å². The van der Waals surface area contributed by atoms with E-state index in [1.807, 2.05) is 0 Å². The summed E-state index contributed by atoms with van der Waals surface area (Å²) in [6, 6.07) is 6.36. The SMILES string of the molecule is O=C(O)COc1cccc(C=C[N+](=O)[O-])c1. The van der Waals surface area contributed by atoms with Gasteiger partial charge in [0.15, 0.2) is 6.61 Å². The van der Waals surface area contributed by atoms with Crippen molar-refractivity contribution in [2.75, 3.05) is 6.61 Å². The number of carboxylic acid groups (broad SMARTS) is 1. The number of nitrogens with zero attached hydrogens (tertiary/aromatic N) is 1. The van der Waals surface area contributed by atoms with Crippen molar-refractivity contribution in [2.45, 2.75) is 0 Å². The van der Waals surface area contributed by atoms with Gasteiger partial charge in [-0.05, 0) is 17.7 Å². The summed E-state index contributed by atoms with van der Waals surface area (Å²) in [5.74, 6) is -0.723. The standard InChI is InChI=1S/C10H9NO5/c12-10(13)7-16-9-3-1-2-8(6-9)4-5-11(14)15/h1-6H,7H2,(H,12,13). The second-order valence-corrected chi connectivity index (χ2v) is 2.86. The van der Waals surface area contributed by atoms with Crippen LogP contribution >= 0.6 is 0 Å². The predicted octanol–water partition coefficient (Wildman–Crippen LogP) is 1.40. The Kier molecular flexibility index (Phi) is 4.02. The molecule has 0 heterocycles. The highest BCUT2D eigenvalue weighted by Crippen LogP contribution is 2.14. The van der Waals surface area contributed by atoms with E-state index in [-0.39, 0.29) is 0 Å². The summed E-state index contributed by atoms with van der Waals surface area (Å²) in [5.41, 5.74) is 0.569. The zero-order valence-electron chi connectivity index (χ0n) is 8.20. The molecule has 0 aliphatic rings. The van der Waals surface area contributed by atoms with Gasteiger partial charge in [0.25, 0.3) is 0 Å². The summed E-state index contributed by atoms with van der Waals surface area (Å²) in [7, 11) is 0. The van der Waals surface area contributed by atoms with Gasteiger partial charge in [-0.25, -0.2) is 4.79 Å². The predicted molar refractivity (Wildman–Crippen MR) is 55.6 cm³/mol. The molecule has 1 rings (SSSR count). The number of benzene rings is 1. The van der Waals surface area contributed by atoms with E-state index in [4.69, 9.17) is 9.84 Å². The van der Waals surface area contributed by atoms with Crippen LogP contribution in [0.4, 0.5) is 0 Å². The minimum atomic E-state index is -1.08. The molecule has 0 amide bonds. The van der Waals surface area contributed by atoms with Crippen LogP contribution in [0.3, 0.4) is 0 Å². The van der Waals surface area contributed by atoms with Gasteiger partial charge in [-0.1, -0.05) is 12.1 Å². The number of carbonyl (C=O) groups is 1. The molecule has 6 heteroatoms. The number of carboxylic acids is 1. The maximum absolute atomic E-state index is 10.2. The number of ether oxygens (including phenoxy) is 1. The molecule has 0 saturated heterocycles. The molecule has 1 aromatic rings. The van der Waals surface area contributed by atoms with Gasteiger partial charge in [-0.15, -0.1) is 0 Å². The van der Waals surface area contributed by atoms with Gasteiger partial charge in [-0.2, -0.15) is 0 Å². The third kappa shape index (κ3) is 4.23. The molecule has 0 radical (unpaired) electrons. The van der Waals surface area contributed by atoms with E-state index < -0.39 is 17.5 Å². The number of nitro groups is 1. The number of rotatable bonds is 5. The smallest absolute Gasteiger partial charge is 0.341 e. The zero-order chi connectivity index (χ0) is 12.0. The second kappa shape index (κ2) is 5.50. The van der Waals surface area contributed by atoms with Gasteiger partial charge >= 0.3 is 5.97 Å². The van der Waals surface area contributed by atoms with Crippen molar-refractivity contribution in [3.05, 3.63) is 46.1 Å². The first kappa shape index (κ1) is 11.7. The number of aliphatic carboxylic acids is 1. The van der Waals surface area contributed by atoms with E-state index in [1.165, 1.54) is 12.1 Å². The molecule has 0 saturated carbocycles. The first-order valence-electron chi connectivity index (χ1n) is 4.34. The van der Waals surface area contributed by atoms with Crippen molar-refractivity contribution in [1.82, 2.24) is 0 Å². The largest absolute Gasteiger partial charge is 0.482 e. The lowest BCUT2D eigenvalue weighted by atomic mass is 10.2. The topological polar surface area (TPSA) is 89.7 Å². The molecular weight excluding hydrogens is 214 g/mol. The Morgan fingerprint density at radius 1 is 1.56 bits per heavy atom. The van der Waals surface area contributed by atoms with Crippen molar-refractivity contribution in [2.24, 2.45) is 0 Å². The van der Waals surface area contributed by atoms with Crippen LogP contribution in [0.15, 0.2) is 30.5 Å². The summed E-state index contributed by atoms with van der Waals surface area (Å²) in [6.07, 6.45) is 2.10. The summed E-state index contributed by atoms with van der Waals surface area (Å²) >= 11 is 0. The van der Waals surface area contributed by atoms with Crippen LogP contribution in [-0.4, -0.2) is 22.6 Å². The van der Waals surface area contributed by atoms with Gasteiger partial charge in [0, 0.05) is 6.08 Å². The highest BCUT2D eigenvalue weighted by atomic mass is 16.6. The monoisotopic (exact) mass is 223 g/mol. The average Bonchev–Trinajstić information content (AvgIpc) is 2.24. The summed E-state index contributed by atoms with van der Waals surface area (Å²) < 4.78 is 4.91. The average molecular weight is 223 g/mol. The summed E-state index contributed by atoms with van der Waals surface area (Å²) in [6.45, 7) is -0.442. The van der Waals surface area contributed by atoms with E-state index >= 15 is 0 Å². The van der Waals surface area contributed by atoms with Gasteiger partial charge in [-0.3, -0.25) is 10.1 Å². The molecular formula is C10H9NO5. The first-order chi connectivity index (χ1) is 7.58. The van der Waals surface area contributed by atoms with E-state index in [1.54, 1.807) is 18.2 Å². The highest BCUT2D eigenvalue weighted by molar-refractivity contribution is 5.68. The first-order valence-corrected chi connectivity index (χ1v) is 4.34. The highest BCUT2D eigenvalue weighted by Gasteiger charge is 1.99. The molecule has 0 spiro atoms. The molecule has 6 nitrogen and oxygen atoms in total. The molecule has 0 aliphatic heterocycles. The summed E-state index contributed by atoms with van der Waals surface area (Å²) in [4.78, 5) is 19.7. The van der Waals surface area contributed by atoms with E-state index in [2.05, 4.69) is 0 Å². The van der Waals surface area contributed by atoms with Crippen LogP contribution in [0.5, 0.6) is 5.75 Å². The molecule has 1 N–H and O–H groups in total. The van der Waals surface area contributed by atoms with E-state index in [9.17, 15) is 14.9 Å². The molecule has 16 heavy (non-hydrogen) atoms. The van der Waals surface area contributed by atoms with Crippen LogP contribution in [0.25, 0.3) is 6.08 Å². The molecule has 0 atom stereocenters. The third-order valence-corrected chi connectivity index (χ3v) is 1.61. The number of hydrogen-bond donors (Lipinski definition) is 1. The van der Waals surface area contributed by atoms with Crippen molar-refractivity contribution < 1.29 is 19.6 Å². The van der Waals surface area contributed by atoms with Crippen molar-refractivity contribution in [1.29, 1.82) is 0 Å². The fourth-order valence-corrected chi connectivity index (χ4v) is 1.000. The van der Waals surface area contributed by atoms with Gasteiger partial charge < -0.3 is 9.84 Å². The van der Waals surface area contributed by atoms with Gasteiger partial charge in [0.05, 0.1) is 4.92 Å². The molecule has 0 aliphatic carbocycles. The van der Waals surface area contributed by atoms with Gasteiger partial charge in [0.1, 0.15) is 5.75 Å². The minimum Gasteiger partial charge on any atom is -0.482 e. The van der Waals surface area contributed by atoms with Crippen LogP contribution in [0.2, 0.25) is 0 Å². The minimum absolute atomic E-state index is 0.355. The normalized spacial score (nSPS) is 10.2. The third-order valence-electron chi connectivity index (χ3n) is 1.61.